The van der Waals surface area contributed by atoms with Crippen molar-refractivity contribution in [1.82, 2.24) is 14.5 Å². The second kappa shape index (κ2) is 15.0. The molecular weight excluding hydrogens is 783 g/mol. The number of aromatic hydroxyl groups is 1. The van der Waals surface area contributed by atoms with Crippen LogP contribution in [0.2, 0.25) is 0 Å². The molecule has 5 nitrogen and oxygen atoms in total. The molecule has 0 aliphatic carbocycles. The first kappa shape index (κ1) is 39.1. The zero-order valence-electron chi connectivity index (χ0n) is 36.6. The number of phenolic OH excluding ortho intramolecular Hbond substituents is 1. The van der Waals surface area contributed by atoms with Crippen molar-refractivity contribution in [3.63, 3.8) is 0 Å². The van der Waals surface area contributed by atoms with Gasteiger partial charge in [0.1, 0.15) is 22.7 Å². The number of furan rings is 1. The zero-order chi connectivity index (χ0) is 43.7. The van der Waals surface area contributed by atoms with Gasteiger partial charge < -0.3 is 9.52 Å². The molecule has 0 fully saturated rings. The lowest BCUT2D eigenvalue weighted by atomic mass is 9.76. The Morgan fingerprint density at radius 1 is 0.500 bits per heavy atom. The Labute approximate surface area is 373 Å². The van der Waals surface area contributed by atoms with Gasteiger partial charge in [-0.05, 0) is 98.6 Å². The average Bonchev–Trinajstić information content (AvgIpc) is 3.88. The van der Waals surface area contributed by atoms with Gasteiger partial charge in [0.2, 0.25) is 0 Å². The van der Waals surface area contributed by atoms with E-state index in [1.165, 1.54) is 16.5 Å². The molecule has 310 valence electrons. The Bertz CT molecular complexity index is 3570. The smallest absolute Gasteiger partial charge is 0.149 e. The van der Waals surface area contributed by atoms with Crippen LogP contribution in [0.1, 0.15) is 51.3 Å². The topological polar surface area (TPSA) is 64.1 Å². The molecular formula is C59H47N3O2. The lowest BCUT2D eigenvalue weighted by Crippen LogP contribution is -2.19. The third-order valence-corrected chi connectivity index (χ3v) is 13.0. The number of aromatic nitrogens is 3. The summed E-state index contributed by atoms with van der Waals surface area (Å²) in [6.07, 6.45) is 1.95. The molecule has 1 N–H and O–H groups in total. The second-order valence-electron chi connectivity index (χ2n) is 18.5. The van der Waals surface area contributed by atoms with Gasteiger partial charge in [0.05, 0.1) is 28.0 Å². The lowest BCUT2D eigenvalue weighted by molar-refractivity contribution is 0.477. The molecule has 8 aromatic carbocycles. The van der Waals surface area contributed by atoms with Crippen LogP contribution in [-0.4, -0.2) is 19.6 Å². The fourth-order valence-corrected chi connectivity index (χ4v) is 9.29. The third-order valence-electron chi connectivity index (χ3n) is 13.0. The van der Waals surface area contributed by atoms with Gasteiger partial charge in [-0.3, -0.25) is 9.55 Å². The maximum Gasteiger partial charge on any atom is 0.149 e. The molecule has 0 unspecified atom stereocenters. The number of fused-ring (bicyclic) bond motifs is 5. The fraction of sp³-hybridized carbons (Fsp3) is 0.119. The predicted molar refractivity (Wildman–Crippen MR) is 264 cm³/mol. The van der Waals surface area contributed by atoms with Crippen LogP contribution in [0.3, 0.4) is 0 Å². The molecule has 0 saturated heterocycles. The molecule has 0 spiro atoms. The highest BCUT2D eigenvalue weighted by atomic mass is 16.3. The van der Waals surface area contributed by atoms with Gasteiger partial charge in [-0.1, -0.05) is 156 Å². The van der Waals surface area contributed by atoms with Gasteiger partial charge >= 0.3 is 0 Å². The first-order valence-corrected chi connectivity index (χ1v) is 21.9. The van der Waals surface area contributed by atoms with Crippen molar-refractivity contribution >= 4 is 43.7 Å². The number of hydrogen-bond acceptors (Lipinski definition) is 4. The molecule has 0 radical (unpaired) electrons. The first-order valence-electron chi connectivity index (χ1n) is 21.9. The van der Waals surface area contributed by atoms with E-state index in [-0.39, 0.29) is 16.6 Å². The summed E-state index contributed by atoms with van der Waals surface area (Å²) in [4.78, 5) is 10.7. The van der Waals surface area contributed by atoms with Crippen LogP contribution in [0.15, 0.2) is 193 Å². The minimum Gasteiger partial charge on any atom is -0.507 e. The Morgan fingerprint density at radius 2 is 1.17 bits per heavy atom. The number of hydrogen-bond donors (Lipinski definition) is 1. The highest BCUT2D eigenvalue weighted by Gasteiger charge is 2.27. The summed E-state index contributed by atoms with van der Waals surface area (Å²) in [5.74, 6) is 0.828. The van der Waals surface area contributed by atoms with Crippen LogP contribution in [0.5, 0.6) is 5.75 Å². The summed E-state index contributed by atoms with van der Waals surface area (Å²) >= 11 is 0. The number of imidazole rings is 1. The molecule has 5 heteroatoms. The van der Waals surface area contributed by atoms with Crippen LogP contribution in [0.25, 0.3) is 94.3 Å². The molecule has 11 aromatic rings. The minimum atomic E-state index is -0.358. The molecule has 0 aliphatic rings. The van der Waals surface area contributed by atoms with E-state index in [2.05, 4.69) is 197 Å². The minimum absolute atomic E-state index is 0.0680. The van der Waals surface area contributed by atoms with Crippen molar-refractivity contribution in [2.45, 2.75) is 45.4 Å². The van der Waals surface area contributed by atoms with Gasteiger partial charge in [0, 0.05) is 45.1 Å². The standard InChI is InChI=1S/C59H47N3O2/c1-58(2,3)43-27-28-51(47(34-43)37-17-8-6-9-18-37)62-52-25-16-24-45(56(52)61-57(62)46-23-14-15-26-53(46)63)40-29-41(31-44(30-40)59(4,5)42-21-10-7-11-22-42)50-35-55-49(36-60-50)48-32-38-19-12-13-20-39(38)33-54(48)64-55/h6-36,63H,1-5H3. The Balaban J connectivity index is 1.16. The van der Waals surface area contributed by atoms with E-state index in [0.717, 1.165) is 83.1 Å². The summed E-state index contributed by atoms with van der Waals surface area (Å²) in [5.41, 5.74) is 14.2. The largest absolute Gasteiger partial charge is 0.507 e. The quantitative estimate of drug-likeness (QED) is 0.174. The summed E-state index contributed by atoms with van der Waals surface area (Å²) in [6.45, 7) is 11.3. The molecule has 3 heterocycles. The zero-order valence-corrected chi connectivity index (χ0v) is 36.6. The van der Waals surface area contributed by atoms with Crippen molar-refractivity contribution in [2.75, 3.05) is 0 Å². The van der Waals surface area contributed by atoms with Gasteiger partial charge in [0.25, 0.3) is 0 Å². The number of para-hydroxylation sites is 2. The predicted octanol–water partition coefficient (Wildman–Crippen LogP) is 15.5. The second-order valence-corrected chi connectivity index (χ2v) is 18.5. The number of phenols is 1. The number of rotatable bonds is 7. The Hall–Kier alpha value is -7.76. The monoisotopic (exact) mass is 829 g/mol. The highest BCUT2D eigenvalue weighted by molar-refractivity contribution is 6.10. The van der Waals surface area contributed by atoms with Crippen LogP contribution in [-0.2, 0) is 10.8 Å². The van der Waals surface area contributed by atoms with Crippen molar-refractivity contribution in [3.05, 3.63) is 205 Å². The van der Waals surface area contributed by atoms with E-state index in [0.29, 0.717) is 11.4 Å². The SMILES string of the molecule is CC(C)(C)c1ccc(-n2c(-c3ccccc3O)nc3c(-c4cc(-c5cc6oc7cc8ccccc8cc7c6cn5)cc(C(C)(C)c5ccccc5)c4)cccc32)c(-c2ccccc2)c1. The van der Waals surface area contributed by atoms with Gasteiger partial charge in [0.15, 0.2) is 0 Å². The lowest BCUT2D eigenvalue weighted by Gasteiger charge is -2.27. The molecule has 0 atom stereocenters. The van der Waals surface area contributed by atoms with Gasteiger partial charge in [-0.2, -0.15) is 0 Å². The van der Waals surface area contributed by atoms with Crippen molar-refractivity contribution in [3.8, 4) is 56.3 Å². The fourth-order valence-electron chi connectivity index (χ4n) is 9.29. The van der Waals surface area contributed by atoms with E-state index in [9.17, 15) is 5.11 Å². The van der Waals surface area contributed by atoms with E-state index >= 15 is 0 Å². The number of pyridine rings is 1. The molecule has 3 aromatic heterocycles. The van der Waals surface area contributed by atoms with Crippen LogP contribution in [0, 0.1) is 0 Å². The molecule has 0 aliphatic heterocycles. The molecule has 0 bridgehead atoms. The average molecular weight is 830 g/mol. The van der Waals surface area contributed by atoms with E-state index in [1.807, 2.05) is 24.4 Å². The normalized spacial score (nSPS) is 12.2. The summed E-state index contributed by atoms with van der Waals surface area (Å²) in [5, 5.41) is 15.8. The maximum atomic E-state index is 11.5. The first-order chi connectivity index (χ1) is 31.0. The van der Waals surface area contributed by atoms with Crippen LogP contribution in [0.4, 0.5) is 0 Å². The Morgan fingerprint density at radius 3 is 1.94 bits per heavy atom. The van der Waals surface area contributed by atoms with E-state index in [4.69, 9.17) is 14.4 Å². The van der Waals surface area contributed by atoms with E-state index < -0.39 is 0 Å². The van der Waals surface area contributed by atoms with E-state index in [1.54, 1.807) is 6.07 Å². The van der Waals surface area contributed by atoms with Gasteiger partial charge in [-0.25, -0.2) is 4.98 Å². The van der Waals surface area contributed by atoms with Crippen LogP contribution >= 0.6 is 0 Å². The van der Waals surface area contributed by atoms with Crippen molar-refractivity contribution in [2.24, 2.45) is 0 Å². The Kier molecular flexibility index (Phi) is 9.14. The number of nitrogens with zero attached hydrogens (tertiary/aromatic N) is 3. The number of benzene rings is 8. The summed E-state index contributed by atoms with van der Waals surface area (Å²) in [6, 6.07) is 63.5. The van der Waals surface area contributed by atoms with Crippen LogP contribution < -0.4 is 0 Å². The molecule has 64 heavy (non-hydrogen) atoms. The van der Waals surface area contributed by atoms with Crippen molar-refractivity contribution < 1.29 is 9.52 Å². The van der Waals surface area contributed by atoms with Crippen molar-refractivity contribution in [1.29, 1.82) is 0 Å². The van der Waals surface area contributed by atoms with Gasteiger partial charge in [-0.15, -0.1) is 0 Å². The summed E-state index contributed by atoms with van der Waals surface area (Å²) < 4.78 is 8.79. The summed E-state index contributed by atoms with van der Waals surface area (Å²) in [7, 11) is 0. The molecule has 0 amide bonds. The third kappa shape index (κ3) is 6.63. The molecule has 0 saturated carbocycles. The molecule has 11 rings (SSSR count). The maximum absolute atomic E-state index is 11.5. The highest BCUT2D eigenvalue weighted by Crippen LogP contribution is 2.44.